The molecular weight excluding hydrogens is 245 g/mol. The summed E-state index contributed by atoms with van der Waals surface area (Å²) in [6, 6.07) is 5.71. The second-order valence-electron chi connectivity index (χ2n) is 4.93. The number of benzene rings is 1. The second kappa shape index (κ2) is 7.46. The Morgan fingerprint density at radius 2 is 2.05 bits per heavy atom. The van der Waals surface area contributed by atoms with Crippen LogP contribution in [-0.2, 0) is 11.3 Å². The minimum absolute atomic E-state index is 0.276. The van der Waals surface area contributed by atoms with Crippen molar-refractivity contribution in [1.29, 1.82) is 0 Å². The number of nitrogens with one attached hydrogen (secondary N) is 1. The Bertz CT molecular complexity index is 394. The molecule has 0 saturated heterocycles. The van der Waals surface area contributed by atoms with Crippen LogP contribution in [0.2, 0.25) is 0 Å². The topological polar surface area (TPSA) is 30.5 Å². The smallest absolute Gasteiger partial charge is 0.165 e. The molecule has 4 heteroatoms. The zero-order valence-electron chi connectivity index (χ0n) is 11.5. The van der Waals surface area contributed by atoms with Crippen LogP contribution in [0.15, 0.2) is 18.2 Å². The van der Waals surface area contributed by atoms with Crippen molar-refractivity contribution < 1.29 is 13.9 Å². The van der Waals surface area contributed by atoms with E-state index in [1.807, 2.05) is 6.07 Å². The summed E-state index contributed by atoms with van der Waals surface area (Å²) in [7, 11) is 1.68. The molecule has 0 aliphatic heterocycles. The van der Waals surface area contributed by atoms with Crippen LogP contribution < -0.4 is 10.1 Å². The van der Waals surface area contributed by atoms with Crippen LogP contribution in [0, 0.1) is 5.82 Å². The van der Waals surface area contributed by atoms with Gasteiger partial charge in [0.25, 0.3) is 0 Å². The minimum Gasteiger partial charge on any atom is -0.490 e. The summed E-state index contributed by atoms with van der Waals surface area (Å²) < 4.78 is 24.4. The van der Waals surface area contributed by atoms with Crippen LogP contribution in [0.5, 0.6) is 5.75 Å². The van der Waals surface area contributed by atoms with E-state index in [0.29, 0.717) is 24.9 Å². The molecule has 1 fully saturated rings. The Hall–Kier alpha value is -1.13. The van der Waals surface area contributed by atoms with E-state index < -0.39 is 0 Å². The van der Waals surface area contributed by atoms with Gasteiger partial charge in [0, 0.05) is 31.9 Å². The first-order chi connectivity index (χ1) is 9.31. The van der Waals surface area contributed by atoms with E-state index in [-0.39, 0.29) is 5.82 Å². The zero-order valence-corrected chi connectivity index (χ0v) is 11.5. The average Bonchev–Trinajstić information content (AvgIpc) is 3.22. The van der Waals surface area contributed by atoms with Gasteiger partial charge in [-0.1, -0.05) is 12.1 Å². The molecule has 1 aliphatic rings. The Kier molecular flexibility index (Phi) is 5.61. The normalized spacial score (nSPS) is 14.6. The predicted molar refractivity (Wildman–Crippen MR) is 72.9 cm³/mol. The van der Waals surface area contributed by atoms with Crippen molar-refractivity contribution >= 4 is 0 Å². The molecule has 0 aromatic heterocycles. The summed E-state index contributed by atoms with van der Waals surface area (Å²) in [5, 5.41) is 3.38. The molecule has 1 aromatic rings. The third kappa shape index (κ3) is 4.80. The van der Waals surface area contributed by atoms with Gasteiger partial charge in [-0.25, -0.2) is 4.39 Å². The summed E-state index contributed by atoms with van der Waals surface area (Å²) in [6.07, 6.45) is 4.25. The third-order valence-electron chi connectivity index (χ3n) is 3.20. The summed E-state index contributed by atoms with van der Waals surface area (Å²) in [6.45, 7) is 1.92. The molecule has 0 atom stereocenters. The molecular formula is C15H22FNO2. The van der Waals surface area contributed by atoms with Gasteiger partial charge < -0.3 is 14.8 Å². The van der Waals surface area contributed by atoms with Gasteiger partial charge in [0.15, 0.2) is 11.6 Å². The molecule has 0 amide bonds. The van der Waals surface area contributed by atoms with Gasteiger partial charge in [-0.3, -0.25) is 0 Å². The van der Waals surface area contributed by atoms with E-state index in [2.05, 4.69) is 5.32 Å². The molecule has 1 aliphatic carbocycles. The lowest BCUT2D eigenvalue weighted by Gasteiger charge is -2.13. The molecule has 1 saturated carbocycles. The van der Waals surface area contributed by atoms with Crippen LogP contribution in [0.1, 0.15) is 31.2 Å². The number of hydrogen-bond acceptors (Lipinski definition) is 3. The molecule has 106 valence electrons. The van der Waals surface area contributed by atoms with Crippen molar-refractivity contribution in [3.05, 3.63) is 29.6 Å². The SMILES string of the molecule is COCCCCOc1c(F)cccc1CNC1CC1. The first-order valence-electron chi connectivity index (χ1n) is 6.94. The molecule has 1 N–H and O–H groups in total. The van der Waals surface area contributed by atoms with Crippen LogP contribution in [0.25, 0.3) is 0 Å². The number of para-hydroxylation sites is 1. The van der Waals surface area contributed by atoms with Crippen molar-refractivity contribution in [2.75, 3.05) is 20.3 Å². The van der Waals surface area contributed by atoms with Gasteiger partial charge in [0.05, 0.1) is 6.61 Å². The van der Waals surface area contributed by atoms with E-state index in [4.69, 9.17) is 9.47 Å². The lowest BCUT2D eigenvalue weighted by atomic mass is 10.2. The molecule has 0 heterocycles. The first kappa shape index (κ1) is 14.3. The van der Waals surface area contributed by atoms with E-state index in [0.717, 1.165) is 25.0 Å². The van der Waals surface area contributed by atoms with Crippen LogP contribution >= 0.6 is 0 Å². The van der Waals surface area contributed by atoms with Gasteiger partial charge >= 0.3 is 0 Å². The van der Waals surface area contributed by atoms with Gasteiger partial charge in [-0.15, -0.1) is 0 Å². The highest BCUT2D eigenvalue weighted by molar-refractivity contribution is 5.35. The van der Waals surface area contributed by atoms with Gasteiger partial charge in [0.1, 0.15) is 0 Å². The molecule has 3 nitrogen and oxygen atoms in total. The Morgan fingerprint density at radius 3 is 2.79 bits per heavy atom. The Balaban J connectivity index is 1.84. The summed E-state index contributed by atoms with van der Waals surface area (Å²) >= 11 is 0. The second-order valence-corrected chi connectivity index (χ2v) is 4.93. The van der Waals surface area contributed by atoms with E-state index >= 15 is 0 Å². The fraction of sp³-hybridized carbons (Fsp3) is 0.600. The number of methoxy groups -OCH3 is 1. The maximum absolute atomic E-state index is 13.8. The number of ether oxygens (including phenoxy) is 2. The van der Waals surface area contributed by atoms with Gasteiger partial charge in [-0.2, -0.15) is 0 Å². The van der Waals surface area contributed by atoms with Gasteiger partial charge in [-0.05, 0) is 31.7 Å². The molecule has 1 aromatic carbocycles. The van der Waals surface area contributed by atoms with E-state index in [9.17, 15) is 4.39 Å². The first-order valence-corrected chi connectivity index (χ1v) is 6.94. The fourth-order valence-corrected chi connectivity index (χ4v) is 1.92. The summed E-state index contributed by atoms with van der Waals surface area (Å²) in [4.78, 5) is 0. The quantitative estimate of drug-likeness (QED) is 0.698. The van der Waals surface area contributed by atoms with Crippen molar-refractivity contribution in [3.8, 4) is 5.75 Å². The summed E-state index contributed by atoms with van der Waals surface area (Å²) in [5.41, 5.74) is 0.902. The van der Waals surface area contributed by atoms with E-state index in [1.165, 1.54) is 18.9 Å². The van der Waals surface area contributed by atoms with E-state index in [1.54, 1.807) is 13.2 Å². The molecule has 0 radical (unpaired) electrons. The fourth-order valence-electron chi connectivity index (χ4n) is 1.92. The van der Waals surface area contributed by atoms with Crippen LogP contribution in [0.4, 0.5) is 4.39 Å². The Morgan fingerprint density at radius 1 is 1.26 bits per heavy atom. The minimum atomic E-state index is -0.276. The monoisotopic (exact) mass is 267 g/mol. The maximum Gasteiger partial charge on any atom is 0.165 e. The van der Waals surface area contributed by atoms with Crippen molar-refractivity contribution in [2.45, 2.75) is 38.3 Å². The number of unbranched alkanes of at least 4 members (excludes halogenated alkanes) is 1. The zero-order chi connectivity index (χ0) is 13.5. The highest BCUT2D eigenvalue weighted by Gasteiger charge is 2.21. The largest absolute Gasteiger partial charge is 0.490 e. The number of hydrogen-bond donors (Lipinski definition) is 1. The lowest BCUT2D eigenvalue weighted by molar-refractivity contribution is 0.183. The standard InChI is InChI=1S/C15H22FNO2/c1-18-9-2-3-10-19-15-12(5-4-6-14(15)16)11-17-13-7-8-13/h4-6,13,17H,2-3,7-11H2,1H3. The number of halogens is 1. The number of rotatable bonds is 9. The average molecular weight is 267 g/mol. The Labute approximate surface area is 114 Å². The molecule has 0 bridgehead atoms. The highest BCUT2D eigenvalue weighted by atomic mass is 19.1. The van der Waals surface area contributed by atoms with Crippen molar-refractivity contribution in [2.24, 2.45) is 0 Å². The lowest BCUT2D eigenvalue weighted by Crippen LogP contribution is -2.16. The van der Waals surface area contributed by atoms with Crippen molar-refractivity contribution in [3.63, 3.8) is 0 Å². The van der Waals surface area contributed by atoms with Crippen molar-refractivity contribution in [1.82, 2.24) is 5.32 Å². The van der Waals surface area contributed by atoms with Gasteiger partial charge in [0.2, 0.25) is 0 Å². The maximum atomic E-state index is 13.8. The highest BCUT2D eigenvalue weighted by Crippen LogP contribution is 2.25. The summed E-state index contributed by atoms with van der Waals surface area (Å²) in [5.74, 6) is 0.120. The third-order valence-corrected chi connectivity index (χ3v) is 3.20. The molecule has 2 rings (SSSR count). The molecule has 0 unspecified atom stereocenters. The predicted octanol–water partition coefficient (Wildman–Crippen LogP) is 2.88. The molecule has 0 spiro atoms. The molecule has 19 heavy (non-hydrogen) atoms. The van der Waals surface area contributed by atoms with Crippen LogP contribution in [0.3, 0.4) is 0 Å². The van der Waals surface area contributed by atoms with Crippen LogP contribution in [-0.4, -0.2) is 26.4 Å².